The summed E-state index contributed by atoms with van der Waals surface area (Å²) in [6, 6.07) is 44.2. The second-order valence-electron chi connectivity index (χ2n) is 6.01. The first-order chi connectivity index (χ1) is 12.4. The molecule has 0 aliphatic rings. The zero-order valence-electron chi connectivity index (χ0n) is 15.8. The molecule has 0 saturated carbocycles. The Morgan fingerprint density at radius 2 is 0.517 bits per heavy atom. The van der Waals surface area contributed by atoms with E-state index in [9.17, 15) is 0 Å². The summed E-state index contributed by atoms with van der Waals surface area (Å²) in [6.07, 6.45) is 0. The number of hydrogen-bond donors (Lipinski definition) is 0. The Kier molecular flexibility index (Phi) is 11.6. The van der Waals surface area contributed by atoms with Crippen molar-refractivity contribution >= 4 is 43.4 Å². The van der Waals surface area contributed by atoms with Crippen LogP contribution in [0.4, 0.5) is 0 Å². The third kappa shape index (κ3) is 5.11. The molecule has 29 heavy (non-hydrogen) atoms. The van der Waals surface area contributed by atoms with Crippen LogP contribution in [0.3, 0.4) is 0 Å². The molecule has 0 radical (unpaired) electrons. The SMILES string of the molecule is Cl.O.O.[Cl-].c1ccc([As+](c2ccccc2)(c2ccccc2)c2ccccc2)cc1. The van der Waals surface area contributed by atoms with Gasteiger partial charge in [0.15, 0.2) is 0 Å². The van der Waals surface area contributed by atoms with Crippen molar-refractivity contribution in [3.8, 4) is 0 Å². The van der Waals surface area contributed by atoms with Crippen LogP contribution in [0.5, 0.6) is 0 Å². The van der Waals surface area contributed by atoms with Crippen LogP contribution in [0.25, 0.3) is 0 Å². The molecule has 4 rings (SSSR count). The van der Waals surface area contributed by atoms with E-state index in [1.54, 1.807) is 0 Å². The second kappa shape index (κ2) is 12.5. The molecule has 0 aliphatic heterocycles. The van der Waals surface area contributed by atoms with E-state index in [4.69, 9.17) is 0 Å². The number of rotatable bonds is 4. The first kappa shape index (κ1) is 26.9. The summed E-state index contributed by atoms with van der Waals surface area (Å²) < 4.78 is 5.79. The molecule has 0 aliphatic carbocycles. The summed E-state index contributed by atoms with van der Waals surface area (Å²) in [5.41, 5.74) is 0. The van der Waals surface area contributed by atoms with Crippen molar-refractivity contribution in [1.82, 2.24) is 0 Å². The van der Waals surface area contributed by atoms with Crippen LogP contribution < -0.4 is 29.8 Å². The van der Waals surface area contributed by atoms with Gasteiger partial charge in [-0.05, 0) is 0 Å². The second-order valence-corrected chi connectivity index (χ2v) is 13.2. The maximum atomic E-state index is 2.31. The molecule has 0 spiro atoms. The fourth-order valence-electron chi connectivity index (χ4n) is 3.50. The fraction of sp³-hybridized carbons (Fsp3) is 0. The Bertz CT molecular complexity index is 774. The van der Waals surface area contributed by atoms with E-state index in [0.717, 1.165) is 0 Å². The molecule has 0 aromatic heterocycles. The Morgan fingerprint density at radius 1 is 0.345 bits per heavy atom. The number of halogens is 2. The third-order valence-electron chi connectivity index (χ3n) is 4.57. The van der Waals surface area contributed by atoms with E-state index < -0.39 is 13.6 Å². The molecule has 2 nitrogen and oxygen atoms in total. The molecule has 0 bridgehead atoms. The minimum absolute atomic E-state index is 0. The predicted molar refractivity (Wildman–Crippen MR) is 125 cm³/mol. The van der Waals surface area contributed by atoms with Crippen LogP contribution >= 0.6 is 12.4 Å². The molecular weight excluding hydrogens is 466 g/mol. The average molecular weight is 491 g/mol. The minimum atomic E-state index is -2.77. The maximum absolute atomic E-state index is 2.77. The number of hydrogen-bond acceptors (Lipinski definition) is 0. The van der Waals surface area contributed by atoms with Crippen molar-refractivity contribution in [3.05, 3.63) is 121 Å². The van der Waals surface area contributed by atoms with Gasteiger partial charge in [-0.25, -0.2) is 0 Å². The van der Waals surface area contributed by atoms with Crippen molar-refractivity contribution in [2.24, 2.45) is 0 Å². The molecule has 0 saturated heterocycles. The van der Waals surface area contributed by atoms with Crippen molar-refractivity contribution < 1.29 is 23.4 Å². The zero-order chi connectivity index (χ0) is 17.0. The molecule has 4 aromatic carbocycles. The van der Waals surface area contributed by atoms with Gasteiger partial charge in [-0.3, -0.25) is 0 Å². The van der Waals surface area contributed by atoms with Crippen molar-refractivity contribution in [3.63, 3.8) is 0 Å². The Morgan fingerprint density at radius 3 is 0.690 bits per heavy atom. The molecule has 152 valence electrons. The van der Waals surface area contributed by atoms with Crippen LogP contribution in [0.2, 0.25) is 0 Å². The summed E-state index contributed by atoms with van der Waals surface area (Å²) in [6.45, 7) is 0. The van der Waals surface area contributed by atoms with E-state index in [1.165, 1.54) is 17.4 Å². The van der Waals surface area contributed by atoms with E-state index in [-0.39, 0.29) is 35.8 Å². The third-order valence-corrected chi connectivity index (χ3v) is 13.6. The van der Waals surface area contributed by atoms with Gasteiger partial charge in [-0.1, -0.05) is 0 Å². The Hall–Kier alpha value is -2.06. The Balaban J connectivity index is 0.00000196. The Labute approximate surface area is 187 Å². The van der Waals surface area contributed by atoms with Gasteiger partial charge in [-0.2, -0.15) is 0 Å². The van der Waals surface area contributed by atoms with Gasteiger partial charge in [-0.15, -0.1) is 12.4 Å². The van der Waals surface area contributed by atoms with Gasteiger partial charge in [0.25, 0.3) is 0 Å². The monoisotopic (exact) mass is 490 g/mol. The van der Waals surface area contributed by atoms with Crippen LogP contribution in [-0.2, 0) is 0 Å². The summed E-state index contributed by atoms with van der Waals surface area (Å²) in [5.74, 6) is 0. The molecule has 4 aromatic rings. The molecule has 0 heterocycles. The standard InChI is InChI=1S/C24H20As.2ClH.2H2O/c1-5-13-21(14-6-1)25(22-15-7-2-8-16-22,23-17-9-3-10-18-23)24-19-11-4-12-20-24;;;;/h1-20H;2*1H;2*1H2/q+1;;;;/p-1. The van der Waals surface area contributed by atoms with Crippen molar-refractivity contribution in [2.75, 3.05) is 0 Å². The topological polar surface area (TPSA) is 63.0 Å². The predicted octanol–water partition coefficient (Wildman–Crippen LogP) is -1.16. The summed E-state index contributed by atoms with van der Waals surface area (Å²) in [5, 5.41) is 0. The van der Waals surface area contributed by atoms with E-state index >= 15 is 0 Å². The van der Waals surface area contributed by atoms with Gasteiger partial charge in [0, 0.05) is 0 Å². The van der Waals surface area contributed by atoms with E-state index in [2.05, 4.69) is 121 Å². The summed E-state index contributed by atoms with van der Waals surface area (Å²) in [4.78, 5) is 0. The zero-order valence-corrected chi connectivity index (χ0v) is 19.2. The van der Waals surface area contributed by atoms with Crippen molar-refractivity contribution in [1.29, 1.82) is 0 Å². The normalized spacial score (nSPS) is 9.66. The first-order valence-electron chi connectivity index (χ1n) is 8.54. The van der Waals surface area contributed by atoms with Crippen LogP contribution in [0.1, 0.15) is 0 Å². The average Bonchev–Trinajstić information content (AvgIpc) is 2.72. The summed E-state index contributed by atoms with van der Waals surface area (Å²) >= 11 is -2.77. The van der Waals surface area contributed by atoms with Crippen LogP contribution in [0.15, 0.2) is 121 Å². The van der Waals surface area contributed by atoms with Crippen molar-refractivity contribution in [2.45, 2.75) is 0 Å². The number of benzene rings is 4. The van der Waals surface area contributed by atoms with Gasteiger partial charge in [0.2, 0.25) is 0 Å². The fourth-order valence-corrected chi connectivity index (χ4v) is 12.5. The molecule has 5 heteroatoms. The van der Waals surface area contributed by atoms with E-state index in [1.807, 2.05) is 0 Å². The van der Waals surface area contributed by atoms with E-state index in [0.29, 0.717) is 0 Å². The molecule has 0 atom stereocenters. The van der Waals surface area contributed by atoms with Gasteiger partial charge >= 0.3 is 152 Å². The van der Waals surface area contributed by atoms with Gasteiger partial charge in [0.05, 0.1) is 0 Å². The van der Waals surface area contributed by atoms with Crippen LogP contribution in [0, 0.1) is 0 Å². The van der Waals surface area contributed by atoms with Crippen LogP contribution in [-0.4, -0.2) is 24.5 Å². The molecule has 0 unspecified atom stereocenters. The molecule has 0 amide bonds. The molecule has 0 fully saturated rings. The quantitative estimate of drug-likeness (QED) is 0.324. The van der Waals surface area contributed by atoms with Gasteiger partial charge < -0.3 is 23.4 Å². The molecular formula is C24H25AsCl2O2. The first-order valence-corrected chi connectivity index (χ1v) is 12.3. The summed E-state index contributed by atoms with van der Waals surface area (Å²) in [7, 11) is 0. The van der Waals surface area contributed by atoms with Gasteiger partial charge in [0.1, 0.15) is 0 Å². The molecule has 4 N–H and O–H groups in total.